The highest BCUT2D eigenvalue weighted by Crippen LogP contribution is 2.23. The third kappa shape index (κ3) is 9.39. The number of nitrogens with one attached hydrogen (secondary N) is 3. The van der Waals surface area contributed by atoms with Gasteiger partial charge in [0.25, 0.3) is 11.8 Å². The van der Waals surface area contributed by atoms with Crippen LogP contribution in [0.25, 0.3) is 0 Å². The molecule has 3 N–H and O–H groups in total. The molecule has 0 aliphatic carbocycles. The van der Waals surface area contributed by atoms with Crippen LogP contribution in [0.2, 0.25) is 0 Å². The van der Waals surface area contributed by atoms with Gasteiger partial charge in [-0.25, -0.2) is 0 Å². The van der Waals surface area contributed by atoms with Crippen molar-refractivity contribution in [3.63, 3.8) is 0 Å². The van der Waals surface area contributed by atoms with Gasteiger partial charge in [-0.15, -0.1) is 0 Å². The van der Waals surface area contributed by atoms with Crippen LogP contribution in [-0.2, 0) is 0 Å². The first-order chi connectivity index (χ1) is 15.9. The van der Waals surface area contributed by atoms with Gasteiger partial charge in [0.15, 0.2) is 5.11 Å². The summed E-state index contributed by atoms with van der Waals surface area (Å²) in [5.41, 5.74) is 5.78. The van der Waals surface area contributed by atoms with Gasteiger partial charge in [-0.1, -0.05) is 49.0 Å². The van der Waals surface area contributed by atoms with Crippen LogP contribution in [0.1, 0.15) is 66.7 Å². The number of carbonyl (C=O) groups excluding carboxylic acids is 2. The maximum atomic E-state index is 12.6. The van der Waals surface area contributed by atoms with Crippen molar-refractivity contribution in [3.8, 4) is 11.5 Å². The lowest BCUT2D eigenvalue weighted by Crippen LogP contribution is -2.48. The number of unbranched alkanes of at least 4 members (excludes halogenated alkanes) is 3. The summed E-state index contributed by atoms with van der Waals surface area (Å²) in [6.07, 6.45) is 5.36. The third-order valence-corrected chi connectivity index (χ3v) is 5.25. The molecule has 7 nitrogen and oxygen atoms in total. The van der Waals surface area contributed by atoms with E-state index in [2.05, 4.69) is 39.0 Å². The van der Waals surface area contributed by atoms with E-state index in [1.54, 1.807) is 42.5 Å². The highest BCUT2D eigenvalue weighted by molar-refractivity contribution is 9.10. The summed E-state index contributed by atoms with van der Waals surface area (Å²) in [6.45, 7) is 5.30. The molecule has 2 aromatic rings. The summed E-state index contributed by atoms with van der Waals surface area (Å²) in [5, 5.41) is 2.50. The van der Waals surface area contributed by atoms with Gasteiger partial charge in [0.2, 0.25) is 0 Å². The summed E-state index contributed by atoms with van der Waals surface area (Å²) in [6, 6.07) is 12.0. The van der Waals surface area contributed by atoms with Crippen molar-refractivity contribution in [1.82, 2.24) is 16.2 Å². The Labute approximate surface area is 208 Å². The van der Waals surface area contributed by atoms with Gasteiger partial charge in [-0.3, -0.25) is 25.8 Å². The zero-order chi connectivity index (χ0) is 24.1. The van der Waals surface area contributed by atoms with Crippen molar-refractivity contribution in [2.75, 3.05) is 13.2 Å². The van der Waals surface area contributed by atoms with Crippen molar-refractivity contribution in [3.05, 3.63) is 58.1 Å². The van der Waals surface area contributed by atoms with Crippen molar-refractivity contribution in [2.24, 2.45) is 0 Å². The molecule has 0 bridgehead atoms. The second kappa shape index (κ2) is 14.5. The Kier molecular flexibility index (Phi) is 11.7. The van der Waals surface area contributed by atoms with Gasteiger partial charge in [0, 0.05) is 10.0 Å². The number of carbonyl (C=O) groups is 2. The van der Waals surface area contributed by atoms with Gasteiger partial charge in [-0.2, -0.15) is 0 Å². The van der Waals surface area contributed by atoms with Crippen molar-refractivity contribution in [2.45, 2.75) is 46.0 Å². The van der Waals surface area contributed by atoms with Gasteiger partial charge in [0.1, 0.15) is 11.5 Å². The van der Waals surface area contributed by atoms with Gasteiger partial charge in [-0.05, 0) is 67.5 Å². The standard InChI is InChI=1S/C24H30BrN3O4S/c1-3-5-6-7-15-31-19-11-8-17(9-12-19)22(29)27-28-24(33)26-23(30)20-16-18(25)10-13-21(20)32-14-4-2/h8-13,16H,3-7,14-15H2,1-2H3,(H,27,29)(H2,26,28,30,33). The summed E-state index contributed by atoms with van der Waals surface area (Å²) >= 11 is 8.48. The van der Waals surface area contributed by atoms with Crippen LogP contribution in [-0.4, -0.2) is 30.1 Å². The molecular formula is C24H30BrN3O4S. The van der Waals surface area contributed by atoms with E-state index in [1.165, 1.54) is 12.8 Å². The lowest BCUT2D eigenvalue weighted by molar-refractivity contribution is 0.0933. The molecule has 0 aliphatic rings. The van der Waals surface area contributed by atoms with Crippen molar-refractivity contribution in [1.29, 1.82) is 0 Å². The molecule has 0 radical (unpaired) electrons. The molecule has 0 heterocycles. The summed E-state index contributed by atoms with van der Waals surface area (Å²) < 4.78 is 12.0. The fourth-order valence-electron chi connectivity index (χ4n) is 2.83. The molecule has 0 aliphatic heterocycles. The number of halogens is 1. The molecule has 9 heteroatoms. The zero-order valence-electron chi connectivity index (χ0n) is 18.9. The first kappa shape index (κ1) is 26.6. The van der Waals surface area contributed by atoms with Crippen LogP contribution < -0.4 is 25.6 Å². The fraction of sp³-hybridized carbons (Fsp3) is 0.375. The van der Waals surface area contributed by atoms with E-state index in [-0.39, 0.29) is 5.11 Å². The lowest BCUT2D eigenvalue weighted by atomic mass is 10.2. The molecule has 0 spiro atoms. The van der Waals surface area contributed by atoms with Gasteiger partial charge < -0.3 is 9.47 Å². The zero-order valence-corrected chi connectivity index (χ0v) is 21.3. The largest absolute Gasteiger partial charge is 0.494 e. The monoisotopic (exact) mass is 535 g/mol. The smallest absolute Gasteiger partial charge is 0.269 e. The number of amides is 2. The minimum absolute atomic E-state index is 0.0400. The molecule has 0 atom stereocenters. The number of hydrogen-bond acceptors (Lipinski definition) is 5. The number of ether oxygens (including phenoxy) is 2. The Balaban J connectivity index is 1.83. The average Bonchev–Trinajstić information content (AvgIpc) is 2.82. The average molecular weight is 536 g/mol. The molecule has 33 heavy (non-hydrogen) atoms. The molecule has 0 aromatic heterocycles. The highest BCUT2D eigenvalue weighted by atomic mass is 79.9. The topological polar surface area (TPSA) is 88.7 Å². The molecule has 0 saturated carbocycles. The highest BCUT2D eigenvalue weighted by Gasteiger charge is 2.15. The second-order valence-electron chi connectivity index (χ2n) is 7.28. The molecule has 2 aromatic carbocycles. The van der Waals surface area contributed by atoms with Crippen molar-refractivity contribution < 1.29 is 19.1 Å². The van der Waals surface area contributed by atoms with E-state index in [0.29, 0.717) is 35.8 Å². The minimum atomic E-state index is -0.449. The molecule has 178 valence electrons. The van der Waals surface area contributed by atoms with E-state index in [4.69, 9.17) is 21.7 Å². The first-order valence-electron chi connectivity index (χ1n) is 11.0. The normalized spacial score (nSPS) is 10.3. The van der Waals surface area contributed by atoms with Gasteiger partial charge >= 0.3 is 0 Å². The van der Waals surface area contributed by atoms with E-state index >= 15 is 0 Å². The molecule has 0 fully saturated rings. The molecule has 0 saturated heterocycles. The summed E-state index contributed by atoms with van der Waals surface area (Å²) in [4.78, 5) is 25.0. The number of benzene rings is 2. The fourth-order valence-corrected chi connectivity index (χ4v) is 3.33. The van der Waals surface area contributed by atoms with Crippen LogP contribution in [0.5, 0.6) is 11.5 Å². The Hall–Kier alpha value is -2.65. The van der Waals surface area contributed by atoms with Crippen LogP contribution in [0, 0.1) is 0 Å². The quantitative estimate of drug-likeness (QED) is 0.209. The lowest BCUT2D eigenvalue weighted by Gasteiger charge is -2.14. The second-order valence-corrected chi connectivity index (χ2v) is 8.61. The molecule has 0 unspecified atom stereocenters. The molecule has 2 amide bonds. The minimum Gasteiger partial charge on any atom is -0.494 e. The van der Waals surface area contributed by atoms with Crippen LogP contribution in [0.4, 0.5) is 0 Å². The number of thiocarbonyl (C=S) groups is 1. The van der Waals surface area contributed by atoms with E-state index in [1.807, 2.05) is 6.92 Å². The summed E-state index contributed by atoms with van der Waals surface area (Å²) in [5.74, 6) is 0.330. The Morgan fingerprint density at radius 2 is 1.64 bits per heavy atom. The van der Waals surface area contributed by atoms with E-state index in [0.717, 1.165) is 23.7 Å². The Morgan fingerprint density at radius 3 is 2.33 bits per heavy atom. The Morgan fingerprint density at radius 1 is 0.879 bits per heavy atom. The maximum Gasteiger partial charge on any atom is 0.269 e. The maximum absolute atomic E-state index is 12.6. The van der Waals surface area contributed by atoms with Crippen LogP contribution >= 0.6 is 28.1 Å². The first-order valence-corrected chi connectivity index (χ1v) is 12.2. The number of hydrogen-bond donors (Lipinski definition) is 3. The van der Waals surface area contributed by atoms with Crippen LogP contribution in [0.3, 0.4) is 0 Å². The Bertz CT molecular complexity index is 938. The SMILES string of the molecule is CCCCCCOc1ccc(C(=O)NNC(=S)NC(=O)c2cc(Br)ccc2OCCC)cc1. The van der Waals surface area contributed by atoms with Gasteiger partial charge in [0.05, 0.1) is 18.8 Å². The van der Waals surface area contributed by atoms with E-state index < -0.39 is 11.8 Å². The number of hydrazine groups is 1. The summed E-state index contributed by atoms with van der Waals surface area (Å²) in [7, 11) is 0. The predicted molar refractivity (Wildman–Crippen MR) is 137 cm³/mol. The number of rotatable bonds is 11. The third-order valence-electron chi connectivity index (χ3n) is 4.55. The molecule has 2 rings (SSSR count). The van der Waals surface area contributed by atoms with E-state index in [9.17, 15) is 9.59 Å². The molecular weight excluding hydrogens is 506 g/mol. The van der Waals surface area contributed by atoms with Crippen LogP contribution in [0.15, 0.2) is 46.9 Å². The van der Waals surface area contributed by atoms with Crippen molar-refractivity contribution >= 4 is 45.1 Å². The predicted octanol–water partition coefficient (Wildman–Crippen LogP) is 5.15.